The van der Waals surface area contributed by atoms with Crippen molar-refractivity contribution in [1.29, 1.82) is 0 Å². The fraction of sp³-hybridized carbons (Fsp3) is 0.333. The molecule has 33 heavy (non-hydrogen) atoms. The van der Waals surface area contributed by atoms with E-state index in [-0.39, 0.29) is 6.54 Å². The molecular formula is C27H30ClNO4. The number of aliphatic hydroxyl groups is 3. The Balaban J connectivity index is 1.68. The van der Waals surface area contributed by atoms with Gasteiger partial charge in [-0.15, -0.1) is 0 Å². The SMILES string of the molecule is CCOc1ccc(Cc2cc(Cl)ccc2[C@H]2[C@H](O)[C@@H](O)[C@H](O)CN2Cc2ccccc2)cc1. The number of β-amino-alcohol motifs (C(OH)–C–C–N with tert-alkyl or cyclic N) is 1. The van der Waals surface area contributed by atoms with E-state index in [1.807, 2.05) is 84.6 Å². The zero-order valence-electron chi connectivity index (χ0n) is 18.6. The molecule has 5 nitrogen and oxygen atoms in total. The van der Waals surface area contributed by atoms with Crippen molar-refractivity contribution in [2.24, 2.45) is 0 Å². The molecule has 0 aliphatic carbocycles. The Kier molecular flexibility index (Phi) is 7.68. The number of benzene rings is 3. The fourth-order valence-electron chi connectivity index (χ4n) is 4.56. The van der Waals surface area contributed by atoms with Crippen molar-refractivity contribution in [3.8, 4) is 5.75 Å². The highest BCUT2D eigenvalue weighted by molar-refractivity contribution is 6.30. The first-order valence-electron chi connectivity index (χ1n) is 11.3. The van der Waals surface area contributed by atoms with Crippen LogP contribution in [0.2, 0.25) is 5.02 Å². The summed E-state index contributed by atoms with van der Waals surface area (Å²) in [6.45, 7) is 3.36. The van der Waals surface area contributed by atoms with Gasteiger partial charge in [0.05, 0.1) is 18.8 Å². The molecule has 1 saturated heterocycles. The van der Waals surface area contributed by atoms with Crippen LogP contribution in [0.4, 0.5) is 0 Å². The quantitative estimate of drug-likeness (QED) is 0.490. The predicted molar refractivity (Wildman–Crippen MR) is 129 cm³/mol. The normalized spacial score (nSPS) is 23.4. The molecule has 0 aromatic heterocycles. The average Bonchev–Trinajstić information content (AvgIpc) is 2.81. The van der Waals surface area contributed by atoms with Crippen LogP contribution in [0.5, 0.6) is 5.75 Å². The van der Waals surface area contributed by atoms with E-state index < -0.39 is 24.4 Å². The van der Waals surface area contributed by atoms with Crippen molar-refractivity contribution in [3.63, 3.8) is 0 Å². The molecule has 0 spiro atoms. The van der Waals surface area contributed by atoms with Crippen LogP contribution in [0.15, 0.2) is 72.8 Å². The van der Waals surface area contributed by atoms with E-state index in [0.717, 1.165) is 28.0 Å². The summed E-state index contributed by atoms with van der Waals surface area (Å²) in [5, 5.41) is 32.6. The second-order valence-corrected chi connectivity index (χ2v) is 8.94. The second kappa shape index (κ2) is 10.7. The highest BCUT2D eigenvalue weighted by Gasteiger charge is 2.42. The number of aliphatic hydroxyl groups excluding tert-OH is 3. The van der Waals surface area contributed by atoms with E-state index in [1.165, 1.54) is 0 Å². The number of likely N-dealkylation sites (tertiary alicyclic amines) is 1. The molecule has 174 valence electrons. The minimum Gasteiger partial charge on any atom is -0.494 e. The highest BCUT2D eigenvalue weighted by atomic mass is 35.5. The standard InChI is InChI=1S/C27H30ClNO4/c1-2-33-22-11-8-18(9-12-22)14-20-15-21(28)10-13-23(20)25-27(32)26(31)24(30)17-29(25)16-19-6-4-3-5-7-19/h3-13,15,24-27,30-32H,2,14,16-17H2,1H3/t24-,25+,26+,27+/m1/s1. The Morgan fingerprint density at radius 2 is 1.64 bits per heavy atom. The van der Waals surface area contributed by atoms with Gasteiger partial charge in [0, 0.05) is 18.1 Å². The first-order valence-corrected chi connectivity index (χ1v) is 11.7. The smallest absolute Gasteiger partial charge is 0.119 e. The number of rotatable bonds is 7. The summed E-state index contributed by atoms with van der Waals surface area (Å²) in [6.07, 6.45) is -2.78. The molecule has 0 saturated carbocycles. The molecule has 0 radical (unpaired) electrons. The monoisotopic (exact) mass is 467 g/mol. The summed E-state index contributed by atoms with van der Waals surface area (Å²) in [4.78, 5) is 2.03. The maximum atomic E-state index is 11.1. The molecule has 6 heteroatoms. The molecule has 0 unspecified atom stereocenters. The Labute approximate surface area is 199 Å². The lowest BCUT2D eigenvalue weighted by Gasteiger charge is -2.44. The molecule has 4 atom stereocenters. The number of hydrogen-bond donors (Lipinski definition) is 3. The van der Waals surface area contributed by atoms with E-state index in [4.69, 9.17) is 16.3 Å². The van der Waals surface area contributed by atoms with E-state index in [2.05, 4.69) is 0 Å². The van der Waals surface area contributed by atoms with Gasteiger partial charge in [-0.3, -0.25) is 4.90 Å². The number of halogens is 1. The highest BCUT2D eigenvalue weighted by Crippen LogP contribution is 2.36. The summed E-state index contributed by atoms with van der Waals surface area (Å²) in [5.41, 5.74) is 4.02. The lowest BCUT2D eigenvalue weighted by atomic mass is 9.85. The second-order valence-electron chi connectivity index (χ2n) is 8.51. The van der Waals surface area contributed by atoms with Gasteiger partial charge in [-0.25, -0.2) is 0 Å². The molecule has 0 bridgehead atoms. The van der Waals surface area contributed by atoms with Crippen molar-refractivity contribution in [2.45, 2.75) is 44.2 Å². The summed E-state index contributed by atoms with van der Waals surface area (Å²) in [5.74, 6) is 0.821. The first-order chi connectivity index (χ1) is 16.0. The summed E-state index contributed by atoms with van der Waals surface area (Å²) in [6, 6.07) is 23.0. The van der Waals surface area contributed by atoms with Crippen LogP contribution < -0.4 is 4.74 Å². The van der Waals surface area contributed by atoms with Crippen molar-refractivity contribution in [3.05, 3.63) is 100 Å². The average molecular weight is 468 g/mol. The zero-order valence-corrected chi connectivity index (χ0v) is 19.4. The Morgan fingerprint density at radius 1 is 0.909 bits per heavy atom. The summed E-state index contributed by atoms with van der Waals surface area (Å²) in [7, 11) is 0. The number of ether oxygens (including phenoxy) is 1. The van der Waals surface area contributed by atoms with Gasteiger partial charge in [-0.05, 0) is 59.9 Å². The van der Waals surface area contributed by atoms with Crippen LogP contribution in [0, 0.1) is 0 Å². The van der Waals surface area contributed by atoms with Crippen molar-refractivity contribution in [1.82, 2.24) is 4.90 Å². The van der Waals surface area contributed by atoms with E-state index in [9.17, 15) is 15.3 Å². The number of hydrogen-bond acceptors (Lipinski definition) is 5. The third-order valence-electron chi connectivity index (χ3n) is 6.16. The molecule has 3 aromatic rings. The molecule has 3 aromatic carbocycles. The lowest BCUT2D eigenvalue weighted by molar-refractivity contribution is -0.141. The Bertz CT molecular complexity index is 1040. The van der Waals surface area contributed by atoms with Crippen molar-refractivity contribution in [2.75, 3.05) is 13.2 Å². The van der Waals surface area contributed by atoms with E-state index >= 15 is 0 Å². The van der Waals surface area contributed by atoms with Crippen LogP contribution in [0.3, 0.4) is 0 Å². The lowest BCUT2D eigenvalue weighted by Crippen LogP contribution is -2.56. The van der Waals surface area contributed by atoms with Gasteiger partial charge in [0.1, 0.15) is 18.0 Å². The molecule has 1 fully saturated rings. The van der Waals surface area contributed by atoms with Gasteiger partial charge in [0.2, 0.25) is 0 Å². The molecule has 0 amide bonds. The van der Waals surface area contributed by atoms with Gasteiger partial charge in [0.25, 0.3) is 0 Å². The maximum absolute atomic E-state index is 11.1. The van der Waals surface area contributed by atoms with Crippen molar-refractivity contribution < 1.29 is 20.1 Å². The summed E-state index contributed by atoms with van der Waals surface area (Å²) >= 11 is 6.36. The Hall–Kier alpha value is -2.41. The topological polar surface area (TPSA) is 73.2 Å². The minimum absolute atomic E-state index is 0.253. The Morgan fingerprint density at radius 3 is 2.33 bits per heavy atom. The van der Waals surface area contributed by atoms with Crippen LogP contribution in [0.25, 0.3) is 0 Å². The third kappa shape index (κ3) is 5.57. The summed E-state index contributed by atoms with van der Waals surface area (Å²) < 4.78 is 5.54. The minimum atomic E-state index is -1.23. The van der Waals surface area contributed by atoms with Crippen LogP contribution in [-0.2, 0) is 13.0 Å². The molecular weight excluding hydrogens is 438 g/mol. The molecule has 4 rings (SSSR count). The number of nitrogens with zero attached hydrogens (tertiary/aromatic N) is 1. The largest absolute Gasteiger partial charge is 0.494 e. The van der Waals surface area contributed by atoms with Gasteiger partial charge < -0.3 is 20.1 Å². The number of piperidine rings is 1. The van der Waals surface area contributed by atoms with Gasteiger partial charge >= 0.3 is 0 Å². The van der Waals surface area contributed by atoms with Crippen molar-refractivity contribution >= 4 is 11.6 Å². The molecule has 1 aliphatic rings. The molecule has 1 heterocycles. The van der Waals surface area contributed by atoms with E-state index in [0.29, 0.717) is 24.6 Å². The van der Waals surface area contributed by atoms with Crippen LogP contribution in [0.1, 0.15) is 35.2 Å². The van der Waals surface area contributed by atoms with E-state index in [1.54, 1.807) is 0 Å². The predicted octanol–water partition coefficient (Wildman–Crippen LogP) is 3.97. The fourth-order valence-corrected chi connectivity index (χ4v) is 4.75. The van der Waals surface area contributed by atoms with Crippen LogP contribution >= 0.6 is 11.6 Å². The van der Waals surface area contributed by atoms with Gasteiger partial charge in [-0.2, -0.15) is 0 Å². The maximum Gasteiger partial charge on any atom is 0.119 e. The van der Waals surface area contributed by atoms with Gasteiger partial charge in [-0.1, -0.05) is 60.1 Å². The molecule has 1 aliphatic heterocycles. The van der Waals surface area contributed by atoms with Crippen LogP contribution in [-0.4, -0.2) is 51.7 Å². The first kappa shape index (κ1) is 23.7. The van der Waals surface area contributed by atoms with Gasteiger partial charge in [0.15, 0.2) is 0 Å². The molecule has 3 N–H and O–H groups in total. The third-order valence-corrected chi connectivity index (χ3v) is 6.40. The zero-order chi connectivity index (χ0) is 23.4.